The Kier molecular flexibility index (Phi) is 6.83. The molecule has 126 valence electrons. The number of carbonyl (C=O) groups is 1. The van der Waals surface area contributed by atoms with E-state index in [0.717, 1.165) is 34.6 Å². The van der Waals surface area contributed by atoms with Gasteiger partial charge >= 0.3 is 6.03 Å². The Morgan fingerprint density at radius 2 is 2.00 bits per heavy atom. The Labute approximate surface area is 141 Å². The van der Waals surface area contributed by atoms with E-state index in [0.29, 0.717) is 6.54 Å². The van der Waals surface area contributed by atoms with E-state index in [-0.39, 0.29) is 12.6 Å². The minimum Gasteiger partial charge on any atom is -0.386 e. The summed E-state index contributed by atoms with van der Waals surface area (Å²) in [7, 11) is 0. The summed E-state index contributed by atoms with van der Waals surface area (Å²) in [4.78, 5) is 14.9. The fraction of sp³-hybridized carbons (Fsp3) is 0.471. The van der Waals surface area contributed by atoms with Crippen molar-refractivity contribution in [2.75, 3.05) is 32.7 Å². The number of carbonyl (C=O) groups excluding carboxylic acids is 1. The Hall–Kier alpha value is -1.63. The van der Waals surface area contributed by atoms with Crippen molar-refractivity contribution in [3.63, 3.8) is 0 Å². The van der Waals surface area contributed by atoms with E-state index < -0.39 is 6.10 Å². The van der Waals surface area contributed by atoms with Gasteiger partial charge in [-0.2, -0.15) is 0 Å². The van der Waals surface area contributed by atoms with Crippen LogP contribution in [-0.4, -0.2) is 48.8 Å². The summed E-state index contributed by atoms with van der Waals surface area (Å²) in [5.41, 5.74) is 0. The molecule has 2 aromatic rings. The number of nitrogens with zero attached hydrogens (tertiary/aromatic N) is 1. The lowest BCUT2D eigenvalue weighted by Gasteiger charge is -2.18. The van der Waals surface area contributed by atoms with Crippen molar-refractivity contribution >= 4 is 27.5 Å². The quantitative estimate of drug-likeness (QED) is 0.695. The SMILES string of the molecule is CCN(CC)CCNC(=O)NCC(O)c1cc2ccccc2s1. The molecule has 0 bridgehead atoms. The molecule has 3 N–H and O–H groups in total. The lowest BCUT2D eigenvalue weighted by molar-refractivity contribution is 0.176. The van der Waals surface area contributed by atoms with Crippen LogP contribution >= 0.6 is 11.3 Å². The molecule has 2 amide bonds. The molecule has 0 radical (unpaired) electrons. The lowest BCUT2D eigenvalue weighted by Crippen LogP contribution is -2.41. The van der Waals surface area contributed by atoms with Crippen molar-refractivity contribution in [1.82, 2.24) is 15.5 Å². The molecular weight excluding hydrogens is 310 g/mol. The molecule has 6 heteroatoms. The van der Waals surface area contributed by atoms with Crippen molar-refractivity contribution in [3.8, 4) is 0 Å². The minimum absolute atomic E-state index is 0.212. The molecule has 0 saturated carbocycles. The summed E-state index contributed by atoms with van der Waals surface area (Å²) in [6.45, 7) is 7.81. The smallest absolute Gasteiger partial charge is 0.314 e. The van der Waals surface area contributed by atoms with Gasteiger partial charge in [-0.05, 0) is 30.6 Å². The van der Waals surface area contributed by atoms with Crippen LogP contribution in [0, 0.1) is 0 Å². The van der Waals surface area contributed by atoms with Gasteiger partial charge in [0.25, 0.3) is 0 Å². The van der Waals surface area contributed by atoms with E-state index in [1.807, 2.05) is 30.3 Å². The van der Waals surface area contributed by atoms with Gasteiger partial charge in [0, 0.05) is 22.7 Å². The number of hydrogen-bond donors (Lipinski definition) is 3. The zero-order valence-corrected chi connectivity index (χ0v) is 14.5. The highest BCUT2D eigenvalue weighted by Crippen LogP contribution is 2.29. The number of urea groups is 1. The number of aliphatic hydroxyl groups excluding tert-OH is 1. The summed E-state index contributed by atoms with van der Waals surface area (Å²) in [6.07, 6.45) is -0.680. The van der Waals surface area contributed by atoms with Crippen LogP contribution in [0.15, 0.2) is 30.3 Å². The van der Waals surface area contributed by atoms with Crippen LogP contribution in [0.25, 0.3) is 10.1 Å². The summed E-state index contributed by atoms with van der Waals surface area (Å²) < 4.78 is 1.14. The first-order chi connectivity index (χ1) is 11.1. The Bertz CT molecular complexity index is 592. The molecule has 0 fully saturated rings. The number of rotatable bonds is 8. The van der Waals surface area contributed by atoms with Crippen molar-refractivity contribution in [1.29, 1.82) is 0 Å². The van der Waals surface area contributed by atoms with Gasteiger partial charge in [0.15, 0.2) is 0 Å². The molecule has 23 heavy (non-hydrogen) atoms. The molecule has 1 aromatic carbocycles. The van der Waals surface area contributed by atoms with Gasteiger partial charge in [0.05, 0.1) is 6.54 Å². The van der Waals surface area contributed by atoms with Crippen molar-refractivity contribution in [3.05, 3.63) is 35.2 Å². The summed E-state index contributed by atoms with van der Waals surface area (Å²) in [5.74, 6) is 0. The van der Waals surface area contributed by atoms with Gasteiger partial charge in [0.2, 0.25) is 0 Å². The number of hydrogen-bond acceptors (Lipinski definition) is 4. The van der Waals surface area contributed by atoms with Gasteiger partial charge in [-0.25, -0.2) is 4.79 Å². The monoisotopic (exact) mass is 335 g/mol. The second-order valence-electron chi connectivity index (χ2n) is 5.37. The van der Waals surface area contributed by atoms with Gasteiger partial charge < -0.3 is 20.6 Å². The van der Waals surface area contributed by atoms with Crippen LogP contribution in [0.1, 0.15) is 24.8 Å². The molecule has 1 unspecified atom stereocenters. The Morgan fingerprint density at radius 3 is 2.70 bits per heavy atom. The third kappa shape index (κ3) is 5.20. The topological polar surface area (TPSA) is 64.6 Å². The highest BCUT2D eigenvalue weighted by Gasteiger charge is 2.12. The predicted molar refractivity (Wildman–Crippen MR) is 96.0 cm³/mol. The van der Waals surface area contributed by atoms with Gasteiger partial charge in [-0.1, -0.05) is 32.0 Å². The standard InChI is InChI=1S/C17H25N3O2S/c1-3-20(4-2)10-9-18-17(22)19-12-14(21)16-11-13-7-5-6-8-15(13)23-16/h5-8,11,14,21H,3-4,9-10,12H2,1-2H3,(H2,18,19,22). The maximum absolute atomic E-state index is 11.8. The molecule has 1 heterocycles. The van der Waals surface area contributed by atoms with Crippen LogP contribution in [0.2, 0.25) is 0 Å². The zero-order chi connectivity index (χ0) is 16.7. The molecule has 0 aliphatic carbocycles. The van der Waals surface area contributed by atoms with Gasteiger partial charge in [-0.15, -0.1) is 11.3 Å². The summed E-state index contributed by atoms with van der Waals surface area (Å²) in [6, 6.07) is 9.75. The highest BCUT2D eigenvalue weighted by atomic mass is 32.1. The Balaban J connectivity index is 1.75. The lowest BCUT2D eigenvalue weighted by atomic mass is 10.2. The first-order valence-electron chi connectivity index (χ1n) is 8.04. The number of amides is 2. The molecule has 1 aromatic heterocycles. The molecular formula is C17H25N3O2S. The van der Waals surface area contributed by atoms with Crippen LogP contribution in [-0.2, 0) is 0 Å². The maximum Gasteiger partial charge on any atom is 0.314 e. The van der Waals surface area contributed by atoms with Gasteiger partial charge in [-0.3, -0.25) is 0 Å². The van der Waals surface area contributed by atoms with Crippen molar-refractivity contribution in [2.45, 2.75) is 20.0 Å². The fourth-order valence-electron chi connectivity index (χ4n) is 2.39. The van der Waals surface area contributed by atoms with E-state index in [1.54, 1.807) is 11.3 Å². The largest absolute Gasteiger partial charge is 0.386 e. The first-order valence-corrected chi connectivity index (χ1v) is 8.86. The molecule has 1 atom stereocenters. The Morgan fingerprint density at radius 1 is 1.26 bits per heavy atom. The van der Waals surface area contributed by atoms with E-state index in [2.05, 4.69) is 29.4 Å². The second-order valence-corrected chi connectivity index (χ2v) is 6.48. The van der Waals surface area contributed by atoms with Crippen molar-refractivity contribution in [2.24, 2.45) is 0 Å². The number of likely N-dealkylation sites (N-methyl/N-ethyl adjacent to an activating group) is 1. The number of fused-ring (bicyclic) bond motifs is 1. The van der Waals surface area contributed by atoms with E-state index >= 15 is 0 Å². The minimum atomic E-state index is -0.680. The highest BCUT2D eigenvalue weighted by molar-refractivity contribution is 7.19. The molecule has 0 saturated heterocycles. The number of benzene rings is 1. The van der Waals surface area contributed by atoms with Crippen LogP contribution in [0.3, 0.4) is 0 Å². The third-order valence-electron chi connectivity index (χ3n) is 3.84. The van der Waals surface area contributed by atoms with E-state index in [9.17, 15) is 9.90 Å². The molecule has 5 nitrogen and oxygen atoms in total. The molecule has 2 rings (SSSR count). The maximum atomic E-state index is 11.8. The average Bonchev–Trinajstić information content (AvgIpc) is 3.00. The fourth-order valence-corrected chi connectivity index (χ4v) is 3.44. The van der Waals surface area contributed by atoms with Gasteiger partial charge in [0.1, 0.15) is 6.10 Å². The van der Waals surface area contributed by atoms with Crippen LogP contribution < -0.4 is 10.6 Å². The summed E-state index contributed by atoms with van der Waals surface area (Å²) >= 11 is 1.56. The first kappa shape index (κ1) is 17.7. The second kappa shape index (κ2) is 8.86. The van der Waals surface area contributed by atoms with Crippen LogP contribution in [0.4, 0.5) is 4.79 Å². The third-order valence-corrected chi connectivity index (χ3v) is 5.05. The average molecular weight is 335 g/mol. The molecule has 0 aliphatic heterocycles. The molecule has 0 aliphatic rings. The van der Waals surface area contributed by atoms with Crippen LogP contribution in [0.5, 0.6) is 0 Å². The number of aliphatic hydroxyl groups is 1. The predicted octanol–water partition coefficient (Wildman–Crippen LogP) is 2.58. The molecule has 0 spiro atoms. The van der Waals surface area contributed by atoms with Crippen molar-refractivity contribution < 1.29 is 9.90 Å². The summed E-state index contributed by atoms with van der Waals surface area (Å²) in [5, 5.41) is 16.9. The zero-order valence-electron chi connectivity index (χ0n) is 13.7. The van der Waals surface area contributed by atoms with E-state index in [4.69, 9.17) is 0 Å². The van der Waals surface area contributed by atoms with E-state index in [1.165, 1.54) is 0 Å². The normalized spacial score (nSPS) is 12.5. The number of thiophene rings is 1. The number of nitrogens with one attached hydrogen (secondary N) is 2.